The minimum atomic E-state index is -1.11. The Bertz CT molecular complexity index is 800. The van der Waals surface area contributed by atoms with Crippen molar-refractivity contribution >= 4 is 44.1 Å². The molecule has 1 heterocycles. The Morgan fingerprint density at radius 3 is 2.87 bits per heavy atom. The smallest absolute Gasteiger partial charge is 0.340 e. The van der Waals surface area contributed by atoms with E-state index < -0.39 is 23.8 Å². The second kappa shape index (κ2) is 7.35. The Hall–Kier alpha value is -2.24. The predicted octanol–water partition coefficient (Wildman–Crippen LogP) is 3.71. The Labute approximate surface area is 143 Å². The molecule has 0 saturated heterocycles. The largest absolute Gasteiger partial charge is 0.449 e. The summed E-state index contributed by atoms with van der Waals surface area (Å²) in [6.07, 6.45) is -1.11. The minimum absolute atomic E-state index is 0.0153. The average Bonchev–Trinajstić information content (AvgIpc) is 2.96. The van der Waals surface area contributed by atoms with E-state index in [0.717, 1.165) is 6.07 Å². The van der Waals surface area contributed by atoms with Crippen LogP contribution in [0.4, 0.5) is 9.39 Å². The highest BCUT2D eigenvalue weighted by atomic mass is 79.9. The van der Waals surface area contributed by atoms with Gasteiger partial charge >= 0.3 is 5.97 Å². The van der Waals surface area contributed by atoms with Gasteiger partial charge in [-0.2, -0.15) is 5.26 Å². The fraction of sp³-hybridized carbons (Fsp3) is 0.133. The van der Waals surface area contributed by atoms with Gasteiger partial charge in [0.25, 0.3) is 5.91 Å². The topological polar surface area (TPSA) is 79.2 Å². The minimum Gasteiger partial charge on any atom is -0.449 e. The second-order valence-corrected chi connectivity index (χ2v) is 6.21. The lowest BCUT2D eigenvalue weighted by Crippen LogP contribution is -2.30. The van der Waals surface area contributed by atoms with Gasteiger partial charge in [0, 0.05) is 4.47 Å². The Morgan fingerprint density at radius 1 is 1.43 bits per heavy atom. The molecule has 1 aromatic carbocycles. The standard InChI is InChI=1S/C15H10BrFN2O3S/c1-8(13(20)19-14-9(7-18)4-5-23-14)22-15(21)11-6-10(17)2-3-12(11)16/h2-6,8H,1H3,(H,19,20)/t8-/m0/s1. The van der Waals surface area contributed by atoms with Gasteiger partial charge in [0.05, 0.1) is 11.1 Å². The first-order chi connectivity index (χ1) is 10.9. The molecular weight excluding hydrogens is 387 g/mol. The van der Waals surface area contributed by atoms with Crippen LogP contribution in [0.3, 0.4) is 0 Å². The van der Waals surface area contributed by atoms with Gasteiger partial charge in [-0.25, -0.2) is 9.18 Å². The van der Waals surface area contributed by atoms with Gasteiger partial charge in [0.1, 0.15) is 16.9 Å². The van der Waals surface area contributed by atoms with E-state index in [0.29, 0.717) is 15.0 Å². The third-order valence-corrected chi connectivity index (χ3v) is 4.35. The number of hydrogen-bond acceptors (Lipinski definition) is 5. The first-order valence-corrected chi connectivity index (χ1v) is 8.04. The molecular formula is C15H10BrFN2O3S. The Morgan fingerprint density at radius 2 is 2.17 bits per heavy atom. The van der Waals surface area contributed by atoms with Crippen LogP contribution >= 0.6 is 27.3 Å². The summed E-state index contributed by atoms with van der Waals surface area (Å²) in [4.78, 5) is 24.0. The third kappa shape index (κ3) is 4.15. The molecule has 0 fully saturated rings. The van der Waals surface area contributed by atoms with Crippen molar-refractivity contribution in [1.82, 2.24) is 0 Å². The van der Waals surface area contributed by atoms with Crippen LogP contribution in [-0.4, -0.2) is 18.0 Å². The number of nitriles is 1. The van der Waals surface area contributed by atoms with Crippen LogP contribution in [0.1, 0.15) is 22.8 Å². The normalized spacial score (nSPS) is 11.4. The van der Waals surface area contributed by atoms with Crippen LogP contribution in [-0.2, 0) is 9.53 Å². The zero-order valence-corrected chi connectivity index (χ0v) is 14.2. The molecule has 0 aliphatic rings. The van der Waals surface area contributed by atoms with Crippen molar-refractivity contribution in [2.45, 2.75) is 13.0 Å². The molecule has 0 aliphatic heterocycles. The fourth-order valence-corrected chi connectivity index (χ4v) is 2.79. The maximum atomic E-state index is 13.2. The summed E-state index contributed by atoms with van der Waals surface area (Å²) in [5.74, 6) is -2.00. The number of hydrogen-bond donors (Lipinski definition) is 1. The summed E-state index contributed by atoms with van der Waals surface area (Å²) in [6.45, 7) is 1.39. The van der Waals surface area contributed by atoms with E-state index in [2.05, 4.69) is 21.2 Å². The lowest BCUT2D eigenvalue weighted by Gasteiger charge is -2.13. The summed E-state index contributed by atoms with van der Waals surface area (Å²) in [5.41, 5.74) is 0.313. The summed E-state index contributed by atoms with van der Waals surface area (Å²) in [5, 5.41) is 13.5. The van der Waals surface area contributed by atoms with Crippen LogP contribution in [0, 0.1) is 17.1 Å². The van der Waals surface area contributed by atoms with Crippen molar-refractivity contribution in [2.75, 3.05) is 5.32 Å². The van der Waals surface area contributed by atoms with E-state index in [4.69, 9.17) is 10.00 Å². The summed E-state index contributed by atoms with van der Waals surface area (Å²) in [6, 6.07) is 7.10. The lowest BCUT2D eigenvalue weighted by atomic mass is 10.2. The molecule has 1 aromatic heterocycles. The number of nitrogens with zero attached hydrogens (tertiary/aromatic N) is 1. The number of benzene rings is 1. The highest BCUT2D eigenvalue weighted by Crippen LogP contribution is 2.23. The number of anilines is 1. The number of amides is 1. The number of carbonyl (C=O) groups excluding carboxylic acids is 2. The quantitative estimate of drug-likeness (QED) is 0.798. The van der Waals surface area contributed by atoms with Gasteiger partial charge < -0.3 is 10.1 Å². The number of halogens is 2. The van der Waals surface area contributed by atoms with Gasteiger partial charge in [-0.1, -0.05) is 0 Å². The number of rotatable bonds is 4. The zero-order valence-electron chi connectivity index (χ0n) is 11.8. The van der Waals surface area contributed by atoms with Crippen LogP contribution < -0.4 is 5.32 Å². The van der Waals surface area contributed by atoms with E-state index in [1.807, 2.05) is 6.07 Å². The van der Waals surface area contributed by atoms with Crippen molar-refractivity contribution in [3.63, 3.8) is 0 Å². The fourth-order valence-electron chi connectivity index (χ4n) is 1.64. The zero-order chi connectivity index (χ0) is 17.0. The molecule has 8 heteroatoms. The van der Waals surface area contributed by atoms with Crippen LogP contribution in [0.15, 0.2) is 34.1 Å². The maximum absolute atomic E-state index is 13.2. The predicted molar refractivity (Wildman–Crippen MR) is 86.6 cm³/mol. The molecule has 0 bridgehead atoms. The van der Waals surface area contributed by atoms with Gasteiger partial charge in [-0.15, -0.1) is 11.3 Å². The van der Waals surface area contributed by atoms with E-state index >= 15 is 0 Å². The van der Waals surface area contributed by atoms with Crippen molar-refractivity contribution in [1.29, 1.82) is 5.26 Å². The van der Waals surface area contributed by atoms with Crippen LogP contribution in [0.25, 0.3) is 0 Å². The Balaban J connectivity index is 2.05. The maximum Gasteiger partial charge on any atom is 0.340 e. The molecule has 0 saturated carbocycles. The molecule has 118 valence electrons. The first-order valence-electron chi connectivity index (χ1n) is 6.37. The molecule has 5 nitrogen and oxygen atoms in total. The molecule has 0 radical (unpaired) electrons. The molecule has 23 heavy (non-hydrogen) atoms. The molecule has 1 N–H and O–H groups in total. The van der Waals surface area contributed by atoms with E-state index in [1.165, 1.54) is 30.4 Å². The second-order valence-electron chi connectivity index (χ2n) is 4.44. The van der Waals surface area contributed by atoms with Gasteiger partial charge in [-0.05, 0) is 52.5 Å². The van der Waals surface area contributed by atoms with Crippen molar-refractivity contribution < 1.29 is 18.7 Å². The number of nitrogens with one attached hydrogen (secondary N) is 1. The van der Waals surface area contributed by atoms with E-state index in [9.17, 15) is 14.0 Å². The lowest BCUT2D eigenvalue weighted by molar-refractivity contribution is -0.123. The van der Waals surface area contributed by atoms with Crippen LogP contribution in [0.2, 0.25) is 0 Å². The summed E-state index contributed by atoms with van der Waals surface area (Å²) >= 11 is 4.31. The highest BCUT2D eigenvalue weighted by molar-refractivity contribution is 9.10. The number of thiophene rings is 1. The van der Waals surface area contributed by atoms with Gasteiger partial charge in [0.15, 0.2) is 6.10 Å². The van der Waals surface area contributed by atoms with Crippen molar-refractivity contribution in [3.05, 3.63) is 51.1 Å². The Kier molecular flexibility index (Phi) is 5.47. The third-order valence-electron chi connectivity index (χ3n) is 2.82. The van der Waals surface area contributed by atoms with E-state index in [-0.39, 0.29) is 5.56 Å². The molecule has 0 spiro atoms. The number of ether oxygens (including phenoxy) is 1. The first kappa shape index (κ1) is 17.1. The average molecular weight is 397 g/mol. The van der Waals surface area contributed by atoms with Gasteiger partial charge in [-0.3, -0.25) is 4.79 Å². The molecule has 0 aliphatic carbocycles. The summed E-state index contributed by atoms with van der Waals surface area (Å²) in [7, 11) is 0. The molecule has 1 amide bonds. The van der Waals surface area contributed by atoms with Crippen molar-refractivity contribution in [3.8, 4) is 6.07 Å². The van der Waals surface area contributed by atoms with E-state index in [1.54, 1.807) is 11.4 Å². The molecule has 0 unspecified atom stereocenters. The summed E-state index contributed by atoms with van der Waals surface area (Å²) < 4.78 is 18.6. The molecule has 2 rings (SSSR count). The number of carbonyl (C=O) groups is 2. The van der Waals surface area contributed by atoms with Gasteiger partial charge in [0.2, 0.25) is 0 Å². The highest BCUT2D eigenvalue weighted by Gasteiger charge is 2.22. The molecule has 2 aromatic rings. The SMILES string of the molecule is C[C@H](OC(=O)c1cc(F)ccc1Br)C(=O)Nc1sccc1C#N. The molecule has 1 atom stereocenters. The van der Waals surface area contributed by atoms with Crippen LogP contribution in [0.5, 0.6) is 0 Å². The number of esters is 1. The van der Waals surface area contributed by atoms with Crippen molar-refractivity contribution in [2.24, 2.45) is 0 Å². The monoisotopic (exact) mass is 396 g/mol.